The van der Waals surface area contributed by atoms with Gasteiger partial charge in [-0.05, 0) is 30.3 Å². The van der Waals surface area contributed by atoms with Gasteiger partial charge in [0.25, 0.3) is 0 Å². The van der Waals surface area contributed by atoms with Gasteiger partial charge in [-0.1, -0.05) is 38.4 Å². The molecule has 0 unspecified atom stereocenters. The third-order valence-corrected chi connectivity index (χ3v) is 8.14. The number of hydrogen-bond donors (Lipinski definition) is 1. The average Bonchev–Trinajstić information content (AvgIpc) is 2.23. The second kappa shape index (κ2) is 6.04. The SMILES string of the molecule is CC(C)(C)[Si](C)(C)OCCNc1cccc(Cl)n1. The summed E-state index contributed by atoms with van der Waals surface area (Å²) in [5.74, 6) is 0.793. The highest BCUT2D eigenvalue weighted by molar-refractivity contribution is 6.74. The van der Waals surface area contributed by atoms with Gasteiger partial charge in [0.15, 0.2) is 8.32 Å². The Morgan fingerprint density at radius 1 is 1.33 bits per heavy atom. The van der Waals surface area contributed by atoms with E-state index in [0.29, 0.717) is 11.8 Å². The number of anilines is 1. The maximum absolute atomic E-state index is 6.06. The van der Waals surface area contributed by atoms with E-state index in [4.69, 9.17) is 16.0 Å². The van der Waals surface area contributed by atoms with Crippen LogP contribution < -0.4 is 5.32 Å². The molecular weight excluding hydrogens is 264 g/mol. The van der Waals surface area contributed by atoms with Crippen LogP contribution in [0.4, 0.5) is 5.82 Å². The molecule has 1 aromatic heterocycles. The van der Waals surface area contributed by atoms with E-state index in [0.717, 1.165) is 12.4 Å². The zero-order valence-electron chi connectivity index (χ0n) is 11.9. The lowest BCUT2D eigenvalue weighted by atomic mass is 10.2. The molecule has 1 heterocycles. The van der Waals surface area contributed by atoms with Crippen molar-refractivity contribution >= 4 is 25.7 Å². The zero-order valence-corrected chi connectivity index (χ0v) is 13.6. The maximum Gasteiger partial charge on any atom is 0.192 e. The van der Waals surface area contributed by atoms with E-state index >= 15 is 0 Å². The monoisotopic (exact) mass is 286 g/mol. The van der Waals surface area contributed by atoms with E-state index in [1.165, 1.54) is 0 Å². The van der Waals surface area contributed by atoms with Gasteiger partial charge in [0.1, 0.15) is 11.0 Å². The topological polar surface area (TPSA) is 34.1 Å². The van der Waals surface area contributed by atoms with Crippen LogP contribution in [0.3, 0.4) is 0 Å². The molecule has 0 atom stereocenters. The van der Waals surface area contributed by atoms with Crippen molar-refractivity contribution in [3.05, 3.63) is 23.4 Å². The largest absolute Gasteiger partial charge is 0.415 e. The number of pyridine rings is 1. The second-order valence-electron chi connectivity index (χ2n) is 5.88. The number of rotatable bonds is 5. The predicted molar refractivity (Wildman–Crippen MR) is 80.9 cm³/mol. The van der Waals surface area contributed by atoms with Crippen LogP contribution in [0.1, 0.15) is 20.8 Å². The normalized spacial score (nSPS) is 12.6. The first-order valence-corrected chi connectivity index (χ1v) is 9.51. The van der Waals surface area contributed by atoms with Gasteiger partial charge in [-0.2, -0.15) is 0 Å². The lowest BCUT2D eigenvalue weighted by molar-refractivity contribution is 0.301. The van der Waals surface area contributed by atoms with Crippen molar-refractivity contribution in [3.8, 4) is 0 Å². The van der Waals surface area contributed by atoms with E-state index in [9.17, 15) is 0 Å². The molecule has 0 bridgehead atoms. The van der Waals surface area contributed by atoms with Gasteiger partial charge in [-0.15, -0.1) is 0 Å². The molecular formula is C13H23ClN2OSi. The molecule has 0 fully saturated rings. The van der Waals surface area contributed by atoms with Crippen molar-refractivity contribution in [2.45, 2.75) is 38.9 Å². The molecule has 0 saturated carbocycles. The van der Waals surface area contributed by atoms with E-state index in [1.54, 1.807) is 6.07 Å². The van der Waals surface area contributed by atoms with Crippen molar-refractivity contribution in [1.29, 1.82) is 0 Å². The summed E-state index contributed by atoms with van der Waals surface area (Å²) in [7, 11) is -1.64. The van der Waals surface area contributed by atoms with Gasteiger partial charge < -0.3 is 9.74 Å². The fourth-order valence-corrected chi connectivity index (χ4v) is 2.42. The Hall–Kier alpha value is -0.583. The maximum atomic E-state index is 6.06. The van der Waals surface area contributed by atoms with Crippen molar-refractivity contribution in [1.82, 2.24) is 4.98 Å². The minimum absolute atomic E-state index is 0.251. The number of nitrogens with zero attached hydrogens (tertiary/aromatic N) is 1. The fraction of sp³-hybridized carbons (Fsp3) is 0.615. The highest BCUT2D eigenvalue weighted by Gasteiger charge is 2.36. The third-order valence-electron chi connectivity index (χ3n) is 3.39. The Morgan fingerprint density at radius 3 is 2.56 bits per heavy atom. The summed E-state index contributed by atoms with van der Waals surface area (Å²) < 4.78 is 6.06. The summed E-state index contributed by atoms with van der Waals surface area (Å²) in [4.78, 5) is 4.17. The zero-order chi connectivity index (χ0) is 13.8. The van der Waals surface area contributed by atoms with Crippen molar-refractivity contribution in [2.24, 2.45) is 0 Å². The minimum atomic E-state index is -1.64. The van der Waals surface area contributed by atoms with Crippen LogP contribution in [0.15, 0.2) is 18.2 Å². The Labute approximate surface area is 116 Å². The molecule has 0 aromatic carbocycles. The van der Waals surface area contributed by atoms with Crippen LogP contribution in [0.5, 0.6) is 0 Å². The Balaban J connectivity index is 2.35. The molecule has 5 heteroatoms. The molecule has 0 spiro atoms. The van der Waals surface area contributed by atoms with Gasteiger partial charge in [0, 0.05) is 6.54 Å². The van der Waals surface area contributed by atoms with E-state index in [-0.39, 0.29) is 5.04 Å². The third kappa shape index (κ3) is 4.59. The number of nitrogens with one attached hydrogen (secondary N) is 1. The molecule has 18 heavy (non-hydrogen) atoms. The predicted octanol–water partition coefficient (Wildman–Crippen LogP) is 4.17. The molecule has 1 N–H and O–H groups in total. The number of hydrogen-bond acceptors (Lipinski definition) is 3. The summed E-state index contributed by atoms with van der Waals surface area (Å²) in [5.41, 5.74) is 0. The molecule has 1 rings (SSSR count). The highest BCUT2D eigenvalue weighted by Crippen LogP contribution is 2.36. The summed E-state index contributed by atoms with van der Waals surface area (Å²) >= 11 is 5.81. The fourth-order valence-electron chi connectivity index (χ4n) is 1.21. The van der Waals surface area contributed by atoms with Crippen molar-refractivity contribution < 1.29 is 4.43 Å². The standard InChI is InChI=1S/C13H23ClN2OSi/c1-13(2,3)18(4,5)17-10-9-15-12-8-6-7-11(14)16-12/h6-8H,9-10H2,1-5H3,(H,15,16). The Morgan fingerprint density at radius 2 is 2.00 bits per heavy atom. The summed E-state index contributed by atoms with van der Waals surface area (Å²) in [6, 6.07) is 5.55. The molecule has 0 aliphatic heterocycles. The molecule has 0 aliphatic rings. The first-order valence-electron chi connectivity index (χ1n) is 6.23. The smallest absolute Gasteiger partial charge is 0.192 e. The van der Waals surface area contributed by atoms with Crippen LogP contribution in [0.25, 0.3) is 0 Å². The molecule has 0 saturated heterocycles. The Bertz CT molecular complexity index is 391. The van der Waals surface area contributed by atoms with Crippen LogP contribution in [-0.2, 0) is 4.43 Å². The molecule has 3 nitrogen and oxygen atoms in total. The molecule has 0 aliphatic carbocycles. The van der Waals surface area contributed by atoms with Gasteiger partial charge in [-0.3, -0.25) is 0 Å². The lowest BCUT2D eigenvalue weighted by Gasteiger charge is -2.36. The van der Waals surface area contributed by atoms with Crippen LogP contribution in [-0.4, -0.2) is 26.5 Å². The van der Waals surface area contributed by atoms with Crippen molar-refractivity contribution in [2.75, 3.05) is 18.5 Å². The number of aromatic nitrogens is 1. The molecule has 0 radical (unpaired) electrons. The van der Waals surface area contributed by atoms with Crippen LogP contribution in [0.2, 0.25) is 23.3 Å². The molecule has 102 valence electrons. The van der Waals surface area contributed by atoms with Crippen molar-refractivity contribution in [3.63, 3.8) is 0 Å². The lowest BCUT2D eigenvalue weighted by Crippen LogP contribution is -2.41. The molecule has 1 aromatic rings. The van der Waals surface area contributed by atoms with Crippen LogP contribution >= 0.6 is 11.6 Å². The average molecular weight is 287 g/mol. The highest BCUT2D eigenvalue weighted by atomic mass is 35.5. The summed E-state index contributed by atoms with van der Waals surface area (Å²) in [5, 5.41) is 3.97. The minimum Gasteiger partial charge on any atom is -0.415 e. The summed E-state index contributed by atoms with van der Waals surface area (Å²) in [6.45, 7) is 12.7. The second-order valence-corrected chi connectivity index (χ2v) is 11.1. The summed E-state index contributed by atoms with van der Waals surface area (Å²) in [6.07, 6.45) is 0. The van der Waals surface area contributed by atoms with Gasteiger partial charge >= 0.3 is 0 Å². The number of halogens is 1. The van der Waals surface area contributed by atoms with Gasteiger partial charge in [-0.25, -0.2) is 4.98 Å². The van der Waals surface area contributed by atoms with Gasteiger partial charge in [0.05, 0.1) is 6.61 Å². The van der Waals surface area contributed by atoms with E-state index in [2.05, 4.69) is 44.2 Å². The first kappa shape index (κ1) is 15.5. The van der Waals surface area contributed by atoms with Gasteiger partial charge in [0.2, 0.25) is 0 Å². The first-order chi connectivity index (χ1) is 8.22. The van der Waals surface area contributed by atoms with E-state index in [1.807, 2.05) is 12.1 Å². The van der Waals surface area contributed by atoms with E-state index < -0.39 is 8.32 Å². The van der Waals surface area contributed by atoms with Crippen LogP contribution in [0, 0.1) is 0 Å². The Kier molecular flexibility index (Phi) is 5.19. The quantitative estimate of drug-likeness (QED) is 0.501. The molecule has 0 amide bonds.